The Balaban J connectivity index is 3.86. The molecule has 0 aromatic heterocycles. The van der Waals surface area contributed by atoms with E-state index in [0.717, 1.165) is 57.1 Å². The predicted molar refractivity (Wildman–Crippen MR) is 161 cm³/mol. The number of ether oxygens (including phenoxy) is 1. The fourth-order valence-electron chi connectivity index (χ4n) is 3.35. The summed E-state index contributed by atoms with van der Waals surface area (Å²) >= 11 is 0. The summed E-state index contributed by atoms with van der Waals surface area (Å²) in [7, 11) is 0. The van der Waals surface area contributed by atoms with Crippen LogP contribution < -0.4 is 10.6 Å². The number of rotatable bonds is 23. The van der Waals surface area contributed by atoms with Gasteiger partial charge >= 0.3 is 11.9 Å². The van der Waals surface area contributed by atoms with E-state index in [1.54, 1.807) is 6.92 Å². The standard InChI is InChI=1S/C32H48N2O6/c1-3-5-6-7-8-9-10-11-12-13-14-15-16-17-18-19-20-24-29(35)33-27-22-21-23-28(32(38)39)34-30(36)25-26-31(37)40-4-2/h5-6,8-9,11-12,14-15,17-18,25-26,28H,3-4,7,10,13,16,19-24,27H2,1-2H3,(H,33,35)(H,34,36)(H,38,39)/b6-5-,9-8-,12-11-,15-14-,18-17-,26-25+/t28-/m0/s1. The quantitative estimate of drug-likeness (QED) is 0.0625. The number of nitrogens with one attached hydrogen (secondary N) is 2. The molecule has 0 aliphatic rings. The first-order chi connectivity index (χ1) is 19.4. The molecule has 1 atom stereocenters. The number of aliphatic carboxylic acids is 1. The maximum absolute atomic E-state index is 12.0. The van der Waals surface area contributed by atoms with Crippen LogP contribution in [0.3, 0.4) is 0 Å². The van der Waals surface area contributed by atoms with E-state index in [4.69, 9.17) is 0 Å². The van der Waals surface area contributed by atoms with Crippen LogP contribution in [0.4, 0.5) is 0 Å². The third kappa shape index (κ3) is 24.6. The normalized spacial score (nSPS) is 12.8. The van der Waals surface area contributed by atoms with Crippen LogP contribution in [0.5, 0.6) is 0 Å². The number of hydrogen-bond acceptors (Lipinski definition) is 5. The van der Waals surface area contributed by atoms with Gasteiger partial charge in [0.15, 0.2) is 0 Å². The van der Waals surface area contributed by atoms with Gasteiger partial charge in [-0.2, -0.15) is 0 Å². The van der Waals surface area contributed by atoms with Crippen molar-refractivity contribution in [2.75, 3.05) is 13.2 Å². The zero-order valence-corrected chi connectivity index (χ0v) is 24.2. The summed E-state index contributed by atoms with van der Waals surface area (Å²) in [4.78, 5) is 46.4. The molecule has 0 fully saturated rings. The Bertz CT molecular complexity index is 899. The van der Waals surface area contributed by atoms with E-state index in [0.29, 0.717) is 25.8 Å². The number of allylic oxidation sites excluding steroid dienone is 10. The van der Waals surface area contributed by atoms with Gasteiger partial charge in [0.2, 0.25) is 11.8 Å². The summed E-state index contributed by atoms with van der Waals surface area (Å²) in [5, 5.41) is 14.5. The summed E-state index contributed by atoms with van der Waals surface area (Å²) in [5.41, 5.74) is 0. The Labute approximate surface area is 240 Å². The van der Waals surface area contributed by atoms with Crippen molar-refractivity contribution in [2.24, 2.45) is 0 Å². The minimum atomic E-state index is -1.16. The lowest BCUT2D eigenvalue weighted by Gasteiger charge is -2.13. The van der Waals surface area contributed by atoms with E-state index < -0.39 is 23.9 Å². The van der Waals surface area contributed by atoms with Crippen LogP contribution in [0.25, 0.3) is 0 Å². The van der Waals surface area contributed by atoms with Crippen molar-refractivity contribution in [2.45, 2.75) is 90.5 Å². The molecule has 0 bridgehead atoms. The zero-order chi connectivity index (χ0) is 29.7. The fraction of sp³-hybridized carbons (Fsp3) is 0.500. The number of amides is 2. The van der Waals surface area contributed by atoms with E-state index in [1.165, 1.54) is 0 Å². The number of carboxylic acids is 1. The molecule has 0 spiro atoms. The summed E-state index contributed by atoms with van der Waals surface area (Å²) < 4.78 is 4.67. The molecule has 3 N–H and O–H groups in total. The minimum absolute atomic E-state index is 0.0282. The molecule has 8 heteroatoms. The van der Waals surface area contributed by atoms with Crippen molar-refractivity contribution in [3.05, 3.63) is 72.9 Å². The first-order valence-electron chi connectivity index (χ1n) is 14.3. The molecule has 0 aromatic rings. The van der Waals surface area contributed by atoms with E-state index in [-0.39, 0.29) is 18.9 Å². The van der Waals surface area contributed by atoms with Gasteiger partial charge in [0.05, 0.1) is 6.61 Å². The number of carboxylic acid groups (broad SMARTS) is 1. The van der Waals surface area contributed by atoms with E-state index >= 15 is 0 Å². The number of esters is 1. The molecular formula is C32H48N2O6. The van der Waals surface area contributed by atoms with E-state index in [9.17, 15) is 24.3 Å². The van der Waals surface area contributed by atoms with Crippen LogP contribution >= 0.6 is 0 Å². The summed E-state index contributed by atoms with van der Waals surface area (Å²) in [5.74, 6) is -2.53. The highest BCUT2D eigenvalue weighted by Gasteiger charge is 2.18. The Hall–Kier alpha value is -3.68. The van der Waals surface area contributed by atoms with Crippen molar-refractivity contribution >= 4 is 23.8 Å². The Morgan fingerprint density at radius 2 is 1.32 bits per heavy atom. The predicted octanol–water partition coefficient (Wildman–Crippen LogP) is 5.88. The van der Waals surface area contributed by atoms with E-state index in [2.05, 4.69) is 83.1 Å². The fourth-order valence-corrected chi connectivity index (χ4v) is 3.35. The maximum atomic E-state index is 12.0. The van der Waals surface area contributed by atoms with Crippen molar-refractivity contribution < 1.29 is 29.0 Å². The van der Waals surface area contributed by atoms with Crippen LogP contribution in [0.2, 0.25) is 0 Å². The molecule has 0 rings (SSSR count). The molecule has 222 valence electrons. The summed E-state index contributed by atoms with van der Waals surface area (Å²) in [6.45, 7) is 4.41. The van der Waals surface area contributed by atoms with Crippen molar-refractivity contribution in [3.63, 3.8) is 0 Å². The van der Waals surface area contributed by atoms with Crippen molar-refractivity contribution in [3.8, 4) is 0 Å². The maximum Gasteiger partial charge on any atom is 0.330 e. The Morgan fingerprint density at radius 1 is 0.750 bits per heavy atom. The first kappa shape index (κ1) is 36.3. The van der Waals surface area contributed by atoms with Crippen LogP contribution in [0, 0.1) is 0 Å². The van der Waals surface area contributed by atoms with Gasteiger partial charge < -0.3 is 20.5 Å². The molecule has 8 nitrogen and oxygen atoms in total. The molecule has 0 aliphatic heterocycles. The second-order valence-corrected chi connectivity index (χ2v) is 8.93. The third-order valence-corrected chi connectivity index (χ3v) is 5.45. The number of hydrogen-bond donors (Lipinski definition) is 3. The highest BCUT2D eigenvalue weighted by molar-refractivity contribution is 5.96. The van der Waals surface area contributed by atoms with Gasteiger partial charge in [-0.25, -0.2) is 9.59 Å². The lowest BCUT2D eigenvalue weighted by Crippen LogP contribution is -2.40. The molecule has 2 amide bonds. The van der Waals surface area contributed by atoms with Gasteiger partial charge in [-0.1, -0.05) is 67.7 Å². The Morgan fingerprint density at radius 3 is 1.88 bits per heavy atom. The monoisotopic (exact) mass is 556 g/mol. The van der Waals surface area contributed by atoms with Crippen molar-refractivity contribution in [1.82, 2.24) is 10.6 Å². The van der Waals surface area contributed by atoms with Crippen molar-refractivity contribution in [1.29, 1.82) is 0 Å². The SMILES string of the molecule is CC/C=C\C/C=C\C/C=C\C/C=C\C/C=C\CCCC(=O)NCCCC[C@H](NC(=O)/C=C/C(=O)OCC)C(=O)O. The average Bonchev–Trinajstić information content (AvgIpc) is 2.92. The lowest BCUT2D eigenvalue weighted by molar-refractivity contribution is -0.141. The van der Waals surface area contributed by atoms with E-state index in [1.807, 2.05) is 0 Å². The molecule has 0 saturated heterocycles. The third-order valence-electron chi connectivity index (χ3n) is 5.45. The molecule has 0 unspecified atom stereocenters. The van der Waals surface area contributed by atoms with Gasteiger partial charge in [-0.15, -0.1) is 0 Å². The van der Waals surface area contributed by atoms with Crippen LogP contribution in [-0.2, 0) is 23.9 Å². The van der Waals surface area contributed by atoms with Gasteiger partial charge in [-0.05, 0) is 71.1 Å². The lowest BCUT2D eigenvalue weighted by atomic mass is 10.1. The van der Waals surface area contributed by atoms with Gasteiger partial charge in [-0.3, -0.25) is 9.59 Å². The molecule has 0 aromatic carbocycles. The minimum Gasteiger partial charge on any atom is -0.480 e. The smallest absolute Gasteiger partial charge is 0.330 e. The molecule has 0 aliphatic carbocycles. The van der Waals surface area contributed by atoms with Crippen LogP contribution in [0.1, 0.15) is 84.5 Å². The Kier molecular flexibility index (Phi) is 24.4. The number of carbonyl (C=O) groups is 4. The summed E-state index contributed by atoms with van der Waals surface area (Å²) in [6, 6.07) is -1.07. The van der Waals surface area contributed by atoms with Crippen LogP contribution in [0.15, 0.2) is 72.9 Å². The second-order valence-electron chi connectivity index (χ2n) is 8.93. The molecule has 0 radical (unpaired) electrons. The van der Waals surface area contributed by atoms with Gasteiger partial charge in [0.25, 0.3) is 0 Å². The summed E-state index contributed by atoms with van der Waals surface area (Å²) in [6.07, 6.45) is 31.7. The highest BCUT2D eigenvalue weighted by Crippen LogP contribution is 2.03. The topological polar surface area (TPSA) is 122 Å². The average molecular weight is 557 g/mol. The molecular weight excluding hydrogens is 508 g/mol. The molecule has 40 heavy (non-hydrogen) atoms. The highest BCUT2D eigenvalue weighted by atomic mass is 16.5. The van der Waals surface area contributed by atoms with Gasteiger partial charge in [0.1, 0.15) is 6.04 Å². The molecule has 0 saturated carbocycles. The number of carbonyl (C=O) groups excluding carboxylic acids is 3. The zero-order valence-electron chi connectivity index (χ0n) is 24.2. The molecule has 0 heterocycles. The largest absolute Gasteiger partial charge is 0.480 e. The number of unbranched alkanes of at least 4 members (excludes halogenated alkanes) is 2. The second kappa shape index (κ2) is 26.9. The van der Waals surface area contributed by atoms with Crippen LogP contribution in [-0.4, -0.2) is 48.1 Å². The van der Waals surface area contributed by atoms with Gasteiger partial charge in [0, 0.05) is 25.1 Å². The first-order valence-corrected chi connectivity index (χ1v) is 14.3.